The van der Waals surface area contributed by atoms with Crippen molar-refractivity contribution < 1.29 is 47.3 Å². The van der Waals surface area contributed by atoms with Crippen LogP contribution in [-0.2, 0) is 37.1 Å². The second-order valence-electron chi connectivity index (χ2n) is 12.2. The van der Waals surface area contributed by atoms with Crippen LogP contribution in [0.15, 0.2) is 0 Å². The Hall–Kier alpha value is -0.377. The summed E-state index contributed by atoms with van der Waals surface area (Å²) in [5, 5.41) is 17.0. The molecule has 0 atom stereocenters. The van der Waals surface area contributed by atoms with Gasteiger partial charge < -0.3 is 10.2 Å². The summed E-state index contributed by atoms with van der Waals surface area (Å²) in [6.45, 7) is 4.54. The van der Waals surface area contributed by atoms with E-state index in [4.69, 9.17) is 13.0 Å². The van der Waals surface area contributed by atoms with E-state index in [9.17, 15) is 9.59 Å². The molecular weight excluding hydrogens is 604 g/mol. The van der Waals surface area contributed by atoms with E-state index in [1.165, 1.54) is 167 Å². The van der Waals surface area contributed by atoms with Crippen molar-refractivity contribution in [2.45, 2.75) is 219 Å². The predicted molar refractivity (Wildman–Crippen MR) is 175 cm³/mol. The van der Waals surface area contributed by atoms with Crippen molar-refractivity contribution in [1.29, 1.82) is 0 Å². The van der Waals surface area contributed by atoms with Crippen LogP contribution in [0.5, 0.6) is 0 Å². The van der Waals surface area contributed by atoms with Gasteiger partial charge in [-0.15, -0.1) is 0 Å². The van der Waals surface area contributed by atoms with Gasteiger partial charge in [0.05, 0.1) is 0 Å². The van der Waals surface area contributed by atoms with Crippen LogP contribution >= 0.6 is 0 Å². The first kappa shape index (κ1) is 46.0. The van der Waals surface area contributed by atoms with Crippen molar-refractivity contribution >= 4 is 11.9 Å². The van der Waals surface area contributed by atoms with Gasteiger partial charge in [0.25, 0.3) is 0 Å². The van der Waals surface area contributed by atoms with Gasteiger partial charge in [-0.3, -0.25) is 9.59 Å². The minimum atomic E-state index is -0.653. The van der Waals surface area contributed by atoms with Crippen LogP contribution in [-0.4, -0.2) is 22.2 Å². The monoisotopic (exact) mass is 674 g/mol. The molecule has 0 saturated heterocycles. The summed E-state index contributed by atoms with van der Waals surface area (Å²) in [6, 6.07) is 0. The molecule has 0 rings (SSSR count). The number of hydrogen-bond donors (Lipinski definition) is 2. The van der Waals surface area contributed by atoms with Crippen molar-refractivity contribution in [1.82, 2.24) is 0 Å². The van der Waals surface area contributed by atoms with Gasteiger partial charge in [0.1, 0.15) is 0 Å². The molecule has 0 aliphatic carbocycles. The van der Waals surface area contributed by atoms with Gasteiger partial charge in [-0.05, 0) is 12.8 Å². The molecule has 250 valence electrons. The van der Waals surface area contributed by atoms with Crippen LogP contribution in [0.1, 0.15) is 219 Å². The Kier molecular flexibility index (Phi) is 49.4. The van der Waals surface area contributed by atoms with Crippen molar-refractivity contribution in [3.05, 3.63) is 0 Å². The normalized spacial score (nSPS) is 10.4. The molecule has 0 aromatic heterocycles. The third kappa shape index (κ3) is 52.3. The molecule has 0 saturated carbocycles. The maximum absolute atomic E-state index is 10.3. The number of carboxylic acids is 2. The second kappa shape index (κ2) is 45.1. The fourth-order valence-corrected chi connectivity index (χ4v) is 5.30. The van der Waals surface area contributed by atoms with Crippen LogP contribution in [0, 0.1) is 0 Å². The Balaban J connectivity index is -0.000000683. The molecule has 0 bridgehead atoms. The Morgan fingerprint density at radius 2 is 0.476 bits per heavy atom. The van der Waals surface area contributed by atoms with Gasteiger partial charge in [-0.1, -0.05) is 194 Å². The molecule has 42 heavy (non-hydrogen) atoms. The van der Waals surface area contributed by atoms with E-state index in [-0.39, 0.29) is 0 Å². The molecule has 0 fully saturated rings. The van der Waals surface area contributed by atoms with E-state index in [0.29, 0.717) is 37.6 Å². The van der Waals surface area contributed by atoms with Crippen LogP contribution in [0.4, 0.5) is 0 Å². The topological polar surface area (TPSA) is 91.7 Å². The molecule has 0 unspecified atom stereocenters. The van der Waals surface area contributed by atoms with E-state index in [0.717, 1.165) is 25.7 Å². The summed E-state index contributed by atoms with van der Waals surface area (Å²) in [5.41, 5.74) is 0. The van der Waals surface area contributed by atoms with Gasteiger partial charge >= 0.3 is 39.5 Å². The molecule has 6 heteroatoms. The average molecular weight is 676 g/mol. The molecule has 0 aliphatic rings. The predicted octanol–water partition coefficient (Wildman–Crippen LogP) is 12.5. The molecule has 0 amide bonds. The van der Waals surface area contributed by atoms with Crippen molar-refractivity contribution in [2.75, 3.05) is 0 Å². The fraction of sp³-hybridized carbons (Fsp3) is 0.944. The molecule has 0 heterocycles. The van der Waals surface area contributed by atoms with Crippen LogP contribution in [0.3, 0.4) is 0 Å². The summed E-state index contributed by atoms with van der Waals surface area (Å²) in [6.07, 6.45) is 40.4. The number of carboxylic acid groups (broad SMARTS) is 2. The maximum atomic E-state index is 10.3. The summed E-state index contributed by atoms with van der Waals surface area (Å²) in [4.78, 5) is 20.7. The number of carbonyl (C=O) groups is 2. The van der Waals surface area contributed by atoms with E-state index in [1.54, 1.807) is 0 Å². The number of rotatable bonds is 32. The molecule has 0 spiro atoms. The quantitative estimate of drug-likeness (QED) is 0.0692. The summed E-state index contributed by atoms with van der Waals surface area (Å²) in [5.74, 6) is -1.31. The van der Waals surface area contributed by atoms with Gasteiger partial charge in [0.15, 0.2) is 0 Å². The first-order valence-corrected chi connectivity index (χ1v) is 19.2. The zero-order valence-electron chi connectivity index (χ0n) is 28.2. The van der Waals surface area contributed by atoms with Crippen LogP contribution in [0.2, 0.25) is 0 Å². The average Bonchev–Trinajstić information content (AvgIpc) is 2.98. The summed E-state index contributed by atoms with van der Waals surface area (Å²) >= 11 is 0.300. The fourth-order valence-electron chi connectivity index (χ4n) is 5.30. The molecule has 0 aromatic carbocycles. The zero-order valence-corrected chi connectivity index (χ0v) is 30.7. The SMILES string of the molecule is CCCCCCCCCCCCCCCCCC(=O)O.CCCCCCCCCCCCCCCCCC(=O)O.[O]=[Zr]. The number of hydrogen-bond acceptors (Lipinski definition) is 3. The number of unbranched alkanes of at least 4 members (excludes halogenated alkanes) is 28. The standard InChI is InChI=1S/2C18H36O2.O.Zr/c2*1-2-3-4-5-6-7-8-9-10-11-12-13-14-15-16-17-18(19)20;;/h2*2-17H2,1H3,(H,19,20);;. The minimum absolute atomic E-state index is 0.300. The molecule has 0 aliphatic heterocycles. The van der Waals surface area contributed by atoms with E-state index >= 15 is 0 Å². The van der Waals surface area contributed by atoms with Crippen LogP contribution < -0.4 is 0 Å². The van der Waals surface area contributed by atoms with Crippen LogP contribution in [0.25, 0.3) is 0 Å². The molecule has 0 aromatic rings. The third-order valence-electron chi connectivity index (χ3n) is 7.99. The molecular formula is C36H72O5Zr. The van der Waals surface area contributed by atoms with Gasteiger partial charge in [0.2, 0.25) is 0 Å². The summed E-state index contributed by atoms with van der Waals surface area (Å²) < 4.78 is 8.34. The first-order chi connectivity index (χ1) is 20.5. The van der Waals surface area contributed by atoms with Gasteiger partial charge in [-0.2, -0.15) is 0 Å². The van der Waals surface area contributed by atoms with E-state index in [2.05, 4.69) is 13.8 Å². The Morgan fingerprint density at radius 1 is 0.333 bits per heavy atom. The van der Waals surface area contributed by atoms with Crippen molar-refractivity contribution in [3.8, 4) is 0 Å². The molecule has 2 N–H and O–H groups in total. The number of aliphatic carboxylic acids is 2. The van der Waals surface area contributed by atoms with E-state index < -0.39 is 11.9 Å². The Bertz CT molecular complexity index is 471. The van der Waals surface area contributed by atoms with Crippen molar-refractivity contribution in [2.24, 2.45) is 0 Å². The zero-order chi connectivity index (χ0) is 31.8. The third-order valence-corrected chi connectivity index (χ3v) is 7.99. The first-order valence-electron chi connectivity index (χ1n) is 18.2. The summed E-state index contributed by atoms with van der Waals surface area (Å²) in [7, 11) is 0. The Labute approximate surface area is 277 Å². The van der Waals surface area contributed by atoms with Gasteiger partial charge in [-0.25, -0.2) is 0 Å². The van der Waals surface area contributed by atoms with Gasteiger partial charge in [0, 0.05) is 12.8 Å². The molecule has 5 nitrogen and oxygen atoms in total. The molecule has 0 radical (unpaired) electrons. The van der Waals surface area contributed by atoms with Crippen molar-refractivity contribution in [3.63, 3.8) is 0 Å². The Morgan fingerprint density at radius 3 is 0.619 bits per heavy atom. The second-order valence-corrected chi connectivity index (χ2v) is 12.2. The van der Waals surface area contributed by atoms with E-state index in [1.807, 2.05) is 0 Å².